The van der Waals surface area contributed by atoms with Crippen molar-refractivity contribution in [2.24, 2.45) is 0 Å². The molecule has 0 amide bonds. The average Bonchev–Trinajstić information content (AvgIpc) is 2.68. The van der Waals surface area contributed by atoms with E-state index in [2.05, 4.69) is 53.5 Å². The van der Waals surface area contributed by atoms with Crippen molar-refractivity contribution in [3.05, 3.63) is 16.7 Å². The van der Waals surface area contributed by atoms with Gasteiger partial charge in [-0.15, -0.1) is 0 Å². The summed E-state index contributed by atoms with van der Waals surface area (Å²) in [5.41, 5.74) is 0.252. The van der Waals surface area contributed by atoms with Crippen LogP contribution in [0, 0.1) is 0 Å². The molecule has 1 aromatic rings. The molecule has 2 aliphatic rings. The number of rotatable bonds is 2. The zero-order valence-electron chi connectivity index (χ0n) is 13.6. The fourth-order valence-electron chi connectivity index (χ4n) is 2.56. The molecule has 0 bridgehead atoms. The van der Waals surface area contributed by atoms with Crippen molar-refractivity contribution >= 4 is 34.3 Å². The molecule has 0 N–H and O–H groups in total. The van der Waals surface area contributed by atoms with Crippen LogP contribution < -0.4 is 10.4 Å². The fourth-order valence-corrected chi connectivity index (χ4v) is 3.18. The highest BCUT2D eigenvalue weighted by Crippen LogP contribution is 2.36. The summed E-state index contributed by atoms with van der Waals surface area (Å²) >= 11 is 3.63. The number of halogens is 1. The van der Waals surface area contributed by atoms with Crippen molar-refractivity contribution in [3.63, 3.8) is 0 Å². The topological polar surface area (TPSA) is 43.8 Å². The Bertz CT molecular complexity index is 546. The van der Waals surface area contributed by atoms with Gasteiger partial charge in [0.05, 0.1) is 28.9 Å². The van der Waals surface area contributed by atoms with Gasteiger partial charge in [-0.2, -0.15) is 0 Å². The lowest BCUT2D eigenvalue weighted by Crippen LogP contribution is -2.41. The zero-order chi connectivity index (χ0) is 16.0. The number of hydrogen-bond acceptors (Lipinski definition) is 5. The van der Waals surface area contributed by atoms with Gasteiger partial charge in [0.15, 0.2) is 0 Å². The van der Waals surface area contributed by atoms with Gasteiger partial charge < -0.3 is 18.9 Å². The number of anilines is 1. The number of nitrogens with zero attached hydrogens (tertiary/aromatic N) is 2. The van der Waals surface area contributed by atoms with Gasteiger partial charge in [-0.3, -0.25) is 0 Å². The van der Waals surface area contributed by atoms with Crippen LogP contribution in [-0.4, -0.2) is 49.6 Å². The maximum Gasteiger partial charge on any atom is 0.496 e. The molecule has 2 fully saturated rings. The molecular formula is C15H22BBrN2O3. The number of aromatic nitrogens is 1. The monoisotopic (exact) mass is 368 g/mol. The Kier molecular flexibility index (Phi) is 4.27. The molecule has 2 aliphatic heterocycles. The number of ether oxygens (including phenoxy) is 1. The maximum absolute atomic E-state index is 6.07. The molecule has 1 aromatic heterocycles. The first-order valence-electron chi connectivity index (χ1n) is 7.64. The molecule has 5 nitrogen and oxygen atoms in total. The van der Waals surface area contributed by atoms with Crippen LogP contribution in [-0.2, 0) is 14.0 Å². The van der Waals surface area contributed by atoms with Crippen molar-refractivity contribution in [2.45, 2.75) is 38.9 Å². The van der Waals surface area contributed by atoms with Crippen LogP contribution in [0.3, 0.4) is 0 Å². The van der Waals surface area contributed by atoms with Crippen LogP contribution in [0.15, 0.2) is 16.7 Å². The first kappa shape index (κ1) is 16.2. The van der Waals surface area contributed by atoms with Crippen LogP contribution in [0.4, 0.5) is 5.82 Å². The molecule has 0 aliphatic carbocycles. The molecule has 2 saturated heterocycles. The van der Waals surface area contributed by atoms with E-state index in [1.807, 2.05) is 12.3 Å². The van der Waals surface area contributed by atoms with Gasteiger partial charge in [-0.25, -0.2) is 4.98 Å². The lowest BCUT2D eigenvalue weighted by Gasteiger charge is -2.32. The molecule has 0 saturated carbocycles. The van der Waals surface area contributed by atoms with E-state index in [1.54, 1.807) is 0 Å². The van der Waals surface area contributed by atoms with Gasteiger partial charge in [0.25, 0.3) is 0 Å². The summed E-state index contributed by atoms with van der Waals surface area (Å²) in [5.74, 6) is 0.948. The van der Waals surface area contributed by atoms with Gasteiger partial charge in [0.2, 0.25) is 0 Å². The van der Waals surface area contributed by atoms with E-state index in [9.17, 15) is 0 Å². The molecule has 22 heavy (non-hydrogen) atoms. The molecule has 0 unspecified atom stereocenters. The van der Waals surface area contributed by atoms with E-state index in [1.165, 1.54) is 0 Å². The van der Waals surface area contributed by atoms with Crippen LogP contribution in [0.25, 0.3) is 0 Å². The zero-order valence-corrected chi connectivity index (χ0v) is 15.1. The summed E-state index contributed by atoms with van der Waals surface area (Å²) in [6.45, 7) is 11.4. The second kappa shape index (κ2) is 5.78. The Hall–Kier alpha value is -0.625. The fraction of sp³-hybridized carbons (Fsp3) is 0.667. The van der Waals surface area contributed by atoms with E-state index in [0.717, 1.165) is 42.1 Å². The summed E-state index contributed by atoms with van der Waals surface area (Å²) < 4.78 is 18.5. The highest BCUT2D eigenvalue weighted by molar-refractivity contribution is 9.10. The molecule has 0 spiro atoms. The Balaban J connectivity index is 1.81. The molecular weight excluding hydrogens is 347 g/mol. The summed E-state index contributed by atoms with van der Waals surface area (Å²) in [4.78, 5) is 6.83. The van der Waals surface area contributed by atoms with Crippen molar-refractivity contribution in [2.75, 3.05) is 31.2 Å². The third kappa shape index (κ3) is 2.91. The first-order chi connectivity index (χ1) is 10.3. The minimum Gasteiger partial charge on any atom is -0.399 e. The SMILES string of the molecule is CC1(C)OB(c2cnc(N3CCOCC3)c(Br)c2)OC1(C)C. The quantitative estimate of drug-likeness (QED) is 0.747. The van der Waals surface area contributed by atoms with Crippen molar-refractivity contribution in [1.29, 1.82) is 0 Å². The van der Waals surface area contributed by atoms with Crippen molar-refractivity contribution < 1.29 is 14.0 Å². The van der Waals surface area contributed by atoms with E-state index < -0.39 is 0 Å². The lowest BCUT2D eigenvalue weighted by molar-refractivity contribution is 0.00578. The second-order valence-electron chi connectivity index (χ2n) is 6.76. The first-order valence-corrected chi connectivity index (χ1v) is 8.43. The van der Waals surface area contributed by atoms with Gasteiger partial charge in [-0.05, 0) is 49.7 Å². The highest BCUT2D eigenvalue weighted by atomic mass is 79.9. The minimum absolute atomic E-state index is 0.340. The number of pyridine rings is 1. The molecule has 3 rings (SSSR count). The van der Waals surface area contributed by atoms with Crippen LogP contribution >= 0.6 is 15.9 Å². The maximum atomic E-state index is 6.07. The molecule has 7 heteroatoms. The van der Waals surface area contributed by atoms with E-state index in [4.69, 9.17) is 14.0 Å². The molecule has 120 valence electrons. The molecule has 0 radical (unpaired) electrons. The normalized spacial score (nSPS) is 23.9. The Morgan fingerprint density at radius 2 is 1.73 bits per heavy atom. The summed E-state index contributed by atoms with van der Waals surface area (Å²) in [6, 6.07) is 2.04. The molecule has 3 heterocycles. The van der Waals surface area contributed by atoms with Crippen LogP contribution in [0.5, 0.6) is 0 Å². The van der Waals surface area contributed by atoms with Crippen molar-refractivity contribution in [1.82, 2.24) is 4.98 Å². The van der Waals surface area contributed by atoms with E-state index in [-0.39, 0.29) is 18.3 Å². The lowest BCUT2D eigenvalue weighted by atomic mass is 9.80. The second-order valence-corrected chi connectivity index (χ2v) is 7.62. The van der Waals surface area contributed by atoms with Gasteiger partial charge in [0, 0.05) is 24.7 Å². The molecule has 0 atom stereocenters. The summed E-state index contributed by atoms with van der Waals surface area (Å²) in [6.07, 6.45) is 1.84. The largest absolute Gasteiger partial charge is 0.496 e. The Labute approximate surface area is 140 Å². The predicted octanol–water partition coefficient (Wildman–Crippen LogP) is 1.98. The smallest absolute Gasteiger partial charge is 0.399 e. The Morgan fingerprint density at radius 1 is 1.14 bits per heavy atom. The van der Waals surface area contributed by atoms with Gasteiger partial charge in [-0.1, -0.05) is 0 Å². The molecule has 0 aromatic carbocycles. The van der Waals surface area contributed by atoms with Crippen LogP contribution in [0.1, 0.15) is 27.7 Å². The predicted molar refractivity (Wildman–Crippen MR) is 90.7 cm³/mol. The summed E-state index contributed by atoms with van der Waals surface area (Å²) in [5, 5.41) is 0. The third-order valence-electron chi connectivity index (χ3n) is 4.68. The van der Waals surface area contributed by atoms with Gasteiger partial charge in [0.1, 0.15) is 5.82 Å². The van der Waals surface area contributed by atoms with E-state index in [0.29, 0.717) is 0 Å². The standard InChI is InChI=1S/C15H22BBrN2O3/c1-14(2)15(3,4)22-16(21-14)11-9-12(17)13(18-10-11)19-5-7-20-8-6-19/h9-10H,5-8H2,1-4H3. The Morgan fingerprint density at radius 3 is 2.27 bits per heavy atom. The highest BCUT2D eigenvalue weighted by Gasteiger charge is 2.51. The average molecular weight is 369 g/mol. The minimum atomic E-state index is -0.382. The third-order valence-corrected chi connectivity index (χ3v) is 5.26. The van der Waals surface area contributed by atoms with Gasteiger partial charge >= 0.3 is 7.12 Å². The van der Waals surface area contributed by atoms with E-state index >= 15 is 0 Å². The van der Waals surface area contributed by atoms with Crippen LogP contribution in [0.2, 0.25) is 0 Å². The van der Waals surface area contributed by atoms with Crippen molar-refractivity contribution in [3.8, 4) is 0 Å². The number of hydrogen-bond donors (Lipinski definition) is 0. The number of morpholine rings is 1. The summed E-state index contributed by atoms with van der Waals surface area (Å²) in [7, 11) is -0.382.